The Labute approximate surface area is 355 Å². The molecule has 338 valence electrons. The molecule has 11 atom stereocenters. The zero-order valence-corrected chi connectivity index (χ0v) is 37.2. The van der Waals surface area contributed by atoms with E-state index in [1.807, 2.05) is 0 Å². The van der Waals surface area contributed by atoms with E-state index in [0.717, 1.165) is 14.0 Å². The number of amides is 1. The minimum Gasteiger partial charge on any atom is -0.455 e. The Balaban J connectivity index is 1.78. The van der Waals surface area contributed by atoms with Crippen LogP contribution in [0.15, 0.2) is 41.5 Å². The number of Topliss-reactive ketones (excluding diaryl/α,β-unsaturated/α-hetero) is 1. The highest BCUT2D eigenvalue weighted by Gasteiger charge is 2.79. The Bertz CT molecular complexity index is 1970. The lowest BCUT2D eigenvalue weighted by atomic mass is 9.44. The van der Waals surface area contributed by atoms with Crippen molar-refractivity contribution in [2.45, 2.75) is 155 Å². The number of nitrogens with one attached hydrogen (secondary N) is 1. The molecule has 0 aromatic heterocycles. The lowest BCUT2D eigenvalue weighted by Gasteiger charge is -2.67. The van der Waals surface area contributed by atoms with E-state index in [1.165, 1.54) is 32.9 Å². The number of carbonyl (C=O) groups is 6. The van der Waals surface area contributed by atoms with Crippen molar-refractivity contribution >= 4 is 35.9 Å². The van der Waals surface area contributed by atoms with Gasteiger partial charge >= 0.3 is 30.2 Å². The van der Waals surface area contributed by atoms with Gasteiger partial charge in [-0.3, -0.25) is 9.59 Å². The summed E-state index contributed by atoms with van der Waals surface area (Å²) in [5.74, 6) is -5.66. The van der Waals surface area contributed by atoms with Crippen LogP contribution in [0.4, 0.5) is 9.59 Å². The van der Waals surface area contributed by atoms with Crippen LogP contribution in [0.1, 0.15) is 106 Å². The van der Waals surface area contributed by atoms with Gasteiger partial charge in [0, 0.05) is 25.2 Å². The Morgan fingerprint density at radius 1 is 0.951 bits per heavy atom. The Morgan fingerprint density at radius 3 is 2.07 bits per heavy atom. The third-order valence-electron chi connectivity index (χ3n) is 13.2. The molecule has 2 saturated carbocycles. The van der Waals surface area contributed by atoms with E-state index in [4.69, 9.17) is 33.2 Å². The number of fused-ring (bicyclic) bond motifs is 5. The van der Waals surface area contributed by atoms with Crippen molar-refractivity contribution in [1.29, 1.82) is 0 Å². The summed E-state index contributed by atoms with van der Waals surface area (Å²) in [5.41, 5.74) is -11.9. The van der Waals surface area contributed by atoms with Crippen LogP contribution < -0.4 is 5.32 Å². The molecular formula is C44H61NO16. The van der Waals surface area contributed by atoms with E-state index in [0.29, 0.717) is 0 Å². The van der Waals surface area contributed by atoms with E-state index in [2.05, 4.69) is 5.32 Å². The van der Waals surface area contributed by atoms with Crippen LogP contribution in [0.25, 0.3) is 0 Å². The van der Waals surface area contributed by atoms with Crippen LogP contribution in [0, 0.1) is 22.2 Å². The average molecular weight is 860 g/mol. The topological polar surface area (TPSA) is 240 Å². The van der Waals surface area contributed by atoms with Gasteiger partial charge in [-0.15, -0.1) is 0 Å². The Morgan fingerprint density at radius 2 is 1.56 bits per heavy atom. The predicted molar refractivity (Wildman–Crippen MR) is 214 cm³/mol. The first-order valence-electron chi connectivity index (χ1n) is 20.3. The molecule has 1 aliphatic heterocycles. The van der Waals surface area contributed by atoms with Crippen molar-refractivity contribution in [2.24, 2.45) is 22.2 Å². The van der Waals surface area contributed by atoms with Gasteiger partial charge < -0.3 is 53.8 Å². The van der Waals surface area contributed by atoms with Gasteiger partial charge in [0.05, 0.1) is 42.8 Å². The van der Waals surface area contributed by atoms with Crippen molar-refractivity contribution in [3.05, 3.63) is 47.0 Å². The summed E-state index contributed by atoms with van der Waals surface area (Å²) in [4.78, 5) is 83.3. The van der Waals surface area contributed by atoms with E-state index in [9.17, 15) is 39.3 Å². The molecule has 0 spiro atoms. The quantitative estimate of drug-likeness (QED) is 0.163. The van der Waals surface area contributed by atoms with Gasteiger partial charge in [0.1, 0.15) is 29.0 Å². The summed E-state index contributed by atoms with van der Waals surface area (Å²) in [6.45, 7) is 18.0. The highest BCUT2D eigenvalue weighted by Crippen LogP contribution is 2.65. The third kappa shape index (κ3) is 8.14. The van der Waals surface area contributed by atoms with E-state index in [1.54, 1.807) is 73.6 Å². The second kappa shape index (κ2) is 16.0. The molecular weight excluding hydrogens is 798 g/mol. The number of ether oxygens (including phenoxy) is 7. The number of esters is 3. The molecule has 17 nitrogen and oxygen atoms in total. The largest absolute Gasteiger partial charge is 0.508 e. The van der Waals surface area contributed by atoms with E-state index >= 15 is 4.79 Å². The molecule has 5 rings (SSSR count). The van der Waals surface area contributed by atoms with Crippen molar-refractivity contribution < 1.29 is 77.2 Å². The van der Waals surface area contributed by atoms with Gasteiger partial charge in [0.2, 0.25) is 0 Å². The maximum Gasteiger partial charge on any atom is 0.508 e. The molecule has 1 aromatic rings. The Hall–Kier alpha value is -4.58. The summed E-state index contributed by atoms with van der Waals surface area (Å²) < 4.78 is 40.6. The van der Waals surface area contributed by atoms with Gasteiger partial charge in [0.25, 0.3) is 0 Å². The van der Waals surface area contributed by atoms with Crippen LogP contribution >= 0.6 is 0 Å². The van der Waals surface area contributed by atoms with Crippen LogP contribution in [0.2, 0.25) is 0 Å². The van der Waals surface area contributed by atoms with Crippen LogP contribution in [0.3, 0.4) is 0 Å². The lowest BCUT2D eigenvalue weighted by Crippen LogP contribution is -2.82. The molecule has 1 amide bonds. The molecule has 1 aromatic carbocycles. The van der Waals surface area contributed by atoms with Gasteiger partial charge in [-0.1, -0.05) is 52.8 Å². The Kier molecular flexibility index (Phi) is 12.4. The van der Waals surface area contributed by atoms with Crippen LogP contribution in [-0.4, -0.2) is 124 Å². The number of aliphatic hydroxyl groups is 3. The molecule has 1 heterocycles. The standard InChI is InChI=1S/C44H61NO16/c1-22-27-29(57-23(2)46)32(49)42(12)25(47)19-26-43(21-56-26,61-37(53)55-13)30(42)33(58-34(50)24-17-15-14-16-18-24)44(54,40(27,9)10)20-41(22,11)59-35(51)28(48)31(38(3,4)5)45-36(52)60-39(6,7)8/h14-18,25-26,28-31,33,47-48,54H,19-21H2,1-13H3,(H,45,52)/t25?,26-,28-,29-,30?,31-,33+,41+,42-,43+,44-/m1/s1. The number of rotatable bonds is 8. The molecule has 2 bridgehead atoms. The molecule has 4 N–H and O–H groups in total. The fourth-order valence-corrected chi connectivity index (χ4v) is 9.79. The number of alkyl carbamates (subject to hydrolysis) is 1. The highest BCUT2D eigenvalue weighted by molar-refractivity contribution is 5.95. The van der Waals surface area contributed by atoms with Crippen LogP contribution in [0.5, 0.6) is 0 Å². The maximum atomic E-state index is 15.6. The number of carbonyl (C=O) groups excluding carboxylic acids is 6. The molecule has 1 saturated heterocycles. The van der Waals surface area contributed by atoms with Gasteiger partial charge in [-0.25, -0.2) is 19.2 Å². The molecule has 61 heavy (non-hydrogen) atoms. The first-order chi connectivity index (χ1) is 27.9. The zero-order valence-electron chi connectivity index (χ0n) is 37.2. The average Bonchev–Trinajstić information content (AvgIpc) is 3.13. The van der Waals surface area contributed by atoms with Crippen molar-refractivity contribution in [2.75, 3.05) is 13.7 Å². The first kappa shape index (κ1) is 47.5. The summed E-state index contributed by atoms with van der Waals surface area (Å²) in [6.07, 6.45) is -11.5. The number of methoxy groups -OCH3 is 1. The summed E-state index contributed by atoms with van der Waals surface area (Å²) >= 11 is 0. The number of ketones is 1. The minimum atomic E-state index is -2.46. The molecule has 3 aliphatic carbocycles. The second-order valence-electron chi connectivity index (χ2n) is 19.7. The van der Waals surface area contributed by atoms with Gasteiger partial charge in [-0.2, -0.15) is 0 Å². The fourth-order valence-electron chi connectivity index (χ4n) is 9.79. The smallest absolute Gasteiger partial charge is 0.455 e. The summed E-state index contributed by atoms with van der Waals surface area (Å²) in [5, 5.41) is 40.1. The molecule has 0 radical (unpaired) electrons. The first-order valence-corrected chi connectivity index (χ1v) is 20.3. The maximum absolute atomic E-state index is 15.6. The fraction of sp³-hybridized carbons (Fsp3) is 0.682. The highest BCUT2D eigenvalue weighted by atomic mass is 16.8. The SMILES string of the molecule is COC(=O)O[C@@]12CO[C@@H]1CC(O)[C@@]1(C)C(=O)[C@H](OC(C)=O)C3=C(C)[C@@](C)(OC(=O)[C@H](O)[C@@H](NC(=O)OC(C)(C)C)C(C)(C)C)C[C@@](O)([C@@H](OC(=O)c4ccccc4)C12)C3(C)C. The number of benzene rings is 1. The van der Waals surface area contributed by atoms with Crippen molar-refractivity contribution in [1.82, 2.24) is 5.32 Å². The molecule has 3 fully saturated rings. The molecule has 4 aliphatic rings. The monoisotopic (exact) mass is 859 g/mol. The second-order valence-corrected chi connectivity index (χ2v) is 19.7. The minimum absolute atomic E-state index is 0.0342. The summed E-state index contributed by atoms with van der Waals surface area (Å²) in [7, 11) is 1.07. The summed E-state index contributed by atoms with van der Waals surface area (Å²) in [6, 6.07) is 6.49. The third-order valence-corrected chi connectivity index (χ3v) is 13.2. The molecule has 17 heteroatoms. The molecule has 2 unspecified atom stereocenters. The predicted octanol–water partition coefficient (Wildman–Crippen LogP) is 4.11. The van der Waals surface area contributed by atoms with Gasteiger partial charge in [0.15, 0.2) is 23.6 Å². The normalized spacial score (nSPS) is 34.0. The van der Waals surface area contributed by atoms with Gasteiger partial charge in [-0.05, 0) is 70.2 Å². The number of aliphatic hydroxyl groups excluding tert-OH is 2. The van der Waals surface area contributed by atoms with E-state index < -0.39 is 123 Å². The number of hydrogen-bond acceptors (Lipinski definition) is 16. The number of hydrogen-bond donors (Lipinski definition) is 4. The van der Waals surface area contributed by atoms with E-state index in [-0.39, 0.29) is 29.7 Å². The van der Waals surface area contributed by atoms with Crippen LogP contribution in [-0.2, 0) is 47.5 Å². The van der Waals surface area contributed by atoms with Crippen molar-refractivity contribution in [3.63, 3.8) is 0 Å². The lowest BCUT2D eigenvalue weighted by molar-refractivity contribution is -0.345. The zero-order chi connectivity index (χ0) is 46.1. The van der Waals surface area contributed by atoms with Crippen molar-refractivity contribution in [3.8, 4) is 0 Å².